The fourth-order valence-corrected chi connectivity index (χ4v) is 2.32. The van der Waals surface area contributed by atoms with E-state index in [2.05, 4.69) is 0 Å². The van der Waals surface area contributed by atoms with E-state index in [1.807, 2.05) is 0 Å². The van der Waals surface area contributed by atoms with Gasteiger partial charge in [-0.3, -0.25) is 25.0 Å². The van der Waals surface area contributed by atoms with E-state index in [0.717, 1.165) is 0 Å². The van der Waals surface area contributed by atoms with Crippen molar-refractivity contribution in [2.24, 2.45) is 0 Å². The standard InChI is InChI=1S/C19H16N2O5/c22-17(11-13-18(20(23)24)15-7-3-1-4-8-15)12-14-19(21(25)26)16-9-5-2-6-10-16/h1-10,13-14H,11-12H2. The zero-order valence-corrected chi connectivity index (χ0v) is 13.8. The van der Waals surface area contributed by atoms with E-state index in [1.165, 1.54) is 12.2 Å². The molecule has 0 aliphatic heterocycles. The second-order valence-corrected chi connectivity index (χ2v) is 5.37. The van der Waals surface area contributed by atoms with Gasteiger partial charge in [0.15, 0.2) is 0 Å². The molecule has 2 aromatic carbocycles. The van der Waals surface area contributed by atoms with Gasteiger partial charge in [-0.1, -0.05) is 36.4 Å². The number of nitro groups is 2. The summed E-state index contributed by atoms with van der Waals surface area (Å²) in [5.74, 6) is -0.351. The molecule has 0 fully saturated rings. The number of allylic oxidation sites excluding steroid dienone is 2. The summed E-state index contributed by atoms with van der Waals surface area (Å²) in [5, 5.41) is 22.4. The van der Waals surface area contributed by atoms with Gasteiger partial charge in [0, 0.05) is 25.0 Å². The van der Waals surface area contributed by atoms with E-state index < -0.39 is 9.85 Å². The molecule has 0 aliphatic carbocycles. The molecule has 26 heavy (non-hydrogen) atoms. The Balaban J connectivity index is 2.11. The highest BCUT2D eigenvalue weighted by molar-refractivity contribution is 5.83. The number of carbonyl (C=O) groups is 1. The largest absolute Gasteiger partial charge is 0.299 e. The first-order chi connectivity index (χ1) is 12.5. The van der Waals surface area contributed by atoms with Gasteiger partial charge >= 0.3 is 0 Å². The zero-order chi connectivity index (χ0) is 18.9. The highest BCUT2D eigenvalue weighted by Gasteiger charge is 2.16. The summed E-state index contributed by atoms with van der Waals surface area (Å²) in [4.78, 5) is 33.3. The molecule has 132 valence electrons. The first-order valence-corrected chi connectivity index (χ1v) is 7.80. The minimum atomic E-state index is -0.551. The monoisotopic (exact) mass is 352 g/mol. The third-order valence-electron chi connectivity index (χ3n) is 3.58. The Morgan fingerprint density at radius 3 is 1.38 bits per heavy atom. The molecule has 7 nitrogen and oxygen atoms in total. The number of hydrogen-bond donors (Lipinski definition) is 0. The van der Waals surface area contributed by atoms with Gasteiger partial charge in [-0.25, -0.2) is 0 Å². The number of ketones is 1. The third-order valence-corrected chi connectivity index (χ3v) is 3.58. The molecule has 0 saturated heterocycles. The number of nitrogens with zero attached hydrogens (tertiary/aromatic N) is 2. The van der Waals surface area contributed by atoms with Crippen molar-refractivity contribution in [1.29, 1.82) is 0 Å². The minimum absolute atomic E-state index is 0.166. The van der Waals surface area contributed by atoms with Gasteiger partial charge in [0.25, 0.3) is 11.4 Å². The van der Waals surface area contributed by atoms with Crippen LogP contribution in [-0.4, -0.2) is 15.6 Å². The summed E-state index contributed by atoms with van der Waals surface area (Å²) in [6, 6.07) is 16.5. The smallest absolute Gasteiger partial charge is 0.273 e. The average Bonchev–Trinajstić information content (AvgIpc) is 2.63. The molecule has 0 amide bonds. The van der Waals surface area contributed by atoms with E-state index in [0.29, 0.717) is 11.1 Å². The lowest BCUT2D eigenvalue weighted by Gasteiger charge is -2.00. The van der Waals surface area contributed by atoms with Crippen LogP contribution >= 0.6 is 0 Å². The summed E-state index contributed by atoms with van der Waals surface area (Å²) >= 11 is 0. The number of hydrogen-bond acceptors (Lipinski definition) is 5. The first-order valence-electron chi connectivity index (χ1n) is 7.80. The second kappa shape index (κ2) is 9.03. The van der Waals surface area contributed by atoms with Crippen molar-refractivity contribution in [2.45, 2.75) is 12.8 Å². The summed E-state index contributed by atoms with van der Waals surface area (Å²) < 4.78 is 0. The molecule has 0 unspecified atom stereocenters. The van der Waals surface area contributed by atoms with Crippen molar-refractivity contribution < 1.29 is 14.6 Å². The lowest BCUT2D eigenvalue weighted by Crippen LogP contribution is -2.02. The number of rotatable bonds is 8. The SMILES string of the molecule is O=C(CC=C(c1ccccc1)[N+](=O)[O-])CC=C(c1ccccc1)[N+](=O)[O-]. The average molecular weight is 352 g/mol. The highest BCUT2D eigenvalue weighted by atomic mass is 16.6. The van der Waals surface area contributed by atoms with Crippen molar-refractivity contribution in [3.8, 4) is 0 Å². The molecule has 0 aliphatic rings. The Bertz CT molecular complexity index is 787. The van der Waals surface area contributed by atoms with E-state index in [9.17, 15) is 25.0 Å². The van der Waals surface area contributed by atoms with Gasteiger partial charge < -0.3 is 0 Å². The van der Waals surface area contributed by atoms with Crippen LogP contribution in [0.3, 0.4) is 0 Å². The summed E-state index contributed by atoms with van der Waals surface area (Å²) in [6.45, 7) is 0. The van der Waals surface area contributed by atoms with Gasteiger partial charge in [-0.05, 0) is 24.3 Å². The molecule has 0 saturated carbocycles. The predicted octanol–water partition coefficient (Wildman–Crippen LogP) is 3.97. The van der Waals surface area contributed by atoms with Crippen LogP contribution in [0.2, 0.25) is 0 Å². The maximum Gasteiger partial charge on any atom is 0.273 e. The van der Waals surface area contributed by atoms with Crippen LogP contribution in [0.4, 0.5) is 0 Å². The van der Waals surface area contributed by atoms with Gasteiger partial charge in [-0.15, -0.1) is 0 Å². The highest BCUT2D eigenvalue weighted by Crippen LogP contribution is 2.18. The fraction of sp³-hybridized carbons (Fsp3) is 0.105. The van der Waals surface area contributed by atoms with E-state index in [4.69, 9.17) is 0 Å². The zero-order valence-electron chi connectivity index (χ0n) is 13.8. The predicted molar refractivity (Wildman–Crippen MR) is 97.1 cm³/mol. The van der Waals surface area contributed by atoms with Crippen molar-refractivity contribution in [3.63, 3.8) is 0 Å². The molecule has 2 aromatic rings. The number of benzene rings is 2. The Morgan fingerprint density at radius 2 is 1.08 bits per heavy atom. The Hall–Kier alpha value is -3.61. The van der Waals surface area contributed by atoms with Crippen molar-refractivity contribution in [3.05, 3.63) is 104 Å². The van der Waals surface area contributed by atoms with Gasteiger partial charge in [0.05, 0.1) is 21.0 Å². The maximum atomic E-state index is 12.0. The second-order valence-electron chi connectivity index (χ2n) is 5.37. The van der Waals surface area contributed by atoms with Gasteiger partial charge in [0.1, 0.15) is 5.78 Å². The first kappa shape index (κ1) is 18.7. The summed E-state index contributed by atoms with van der Waals surface area (Å²) in [6.07, 6.45) is 2.11. The quantitative estimate of drug-likeness (QED) is 0.528. The summed E-state index contributed by atoms with van der Waals surface area (Å²) in [5.41, 5.74) is 0.466. The fourth-order valence-electron chi connectivity index (χ4n) is 2.32. The van der Waals surface area contributed by atoms with Crippen LogP contribution in [0.5, 0.6) is 0 Å². The molecule has 0 atom stereocenters. The lowest BCUT2D eigenvalue weighted by atomic mass is 10.1. The van der Waals surface area contributed by atoms with E-state index >= 15 is 0 Å². The molecule has 0 bridgehead atoms. The van der Waals surface area contributed by atoms with Crippen LogP contribution in [0, 0.1) is 20.2 Å². The van der Waals surface area contributed by atoms with E-state index in [1.54, 1.807) is 60.7 Å². The molecule has 0 spiro atoms. The molecule has 7 heteroatoms. The normalized spacial score (nSPS) is 11.8. The molecule has 0 heterocycles. The lowest BCUT2D eigenvalue weighted by molar-refractivity contribution is -0.375. The maximum absolute atomic E-state index is 12.0. The molecular formula is C19H16N2O5. The van der Waals surface area contributed by atoms with Crippen molar-refractivity contribution in [1.82, 2.24) is 0 Å². The molecular weight excluding hydrogens is 336 g/mol. The van der Waals surface area contributed by atoms with Crippen molar-refractivity contribution in [2.75, 3.05) is 0 Å². The molecule has 0 aromatic heterocycles. The van der Waals surface area contributed by atoms with Gasteiger partial charge in [0.2, 0.25) is 0 Å². The van der Waals surface area contributed by atoms with Gasteiger partial charge in [-0.2, -0.15) is 0 Å². The molecule has 2 rings (SSSR count). The van der Waals surface area contributed by atoms with Crippen LogP contribution in [0.15, 0.2) is 72.8 Å². The summed E-state index contributed by atoms with van der Waals surface area (Å²) in [7, 11) is 0. The van der Waals surface area contributed by atoms with Crippen LogP contribution in [0.25, 0.3) is 11.4 Å². The van der Waals surface area contributed by atoms with E-state index in [-0.39, 0.29) is 30.0 Å². The Kier molecular flexibility index (Phi) is 6.50. The van der Waals surface area contributed by atoms with Crippen molar-refractivity contribution >= 4 is 17.2 Å². The number of Topliss-reactive ketones (excluding diaryl/α,β-unsaturated/α-hetero) is 1. The molecule has 0 radical (unpaired) electrons. The van der Waals surface area contributed by atoms with Crippen LogP contribution in [0.1, 0.15) is 24.0 Å². The van der Waals surface area contributed by atoms with Crippen LogP contribution in [-0.2, 0) is 4.79 Å². The topological polar surface area (TPSA) is 103 Å². The number of carbonyl (C=O) groups excluding carboxylic acids is 1. The molecule has 0 N–H and O–H groups in total. The Labute approximate surface area is 149 Å². The van der Waals surface area contributed by atoms with Crippen LogP contribution < -0.4 is 0 Å². The minimum Gasteiger partial charge on any atom is -0.299 e. The third kappa shape index (κ3) is 5.20. The Morgan fingerprint density at radius 1 is 0.731 bits per heavy atom.